The van der Waals surface area contributed by atoms with E-state index in [1.807, 2.05) is 4.90 Å². The highest BCUT2D eigenvalue weighted by atomic mass is 19.1. The number of halogens is 2. The molecule has 3 aromatic rings. The summed E-state index contributed by atoms with van der Waals surface area (Å²) in [6.45, 7) is 3.20. The lowest BCUT2D eigenvalue weighted by Crippen LogP contribution is -2.35. The zero-order valence-electron chi connectivity index (χ0n) is 24.8. The van der Waals surface area contributed by atoms with Crippen LogP contribution in [-0.4, -0.2) is 66.5 Å². The number of carboxylic acids is 1. The Hall–Kier alpha value is -4.68. The molecular formula is C32H34F2N4O7. The summed E-state index contributed by atoms with van der Waals surface area (Å²) >= 11 is 0. The van der Waals surface area contributed by atoms with Gasteiger partial charge < -0.3 is 29.4 Å². The zero-order chi connectivity index (χ0) is 31.8. The topological polar surface area (TPSA) is 130 Å². The summed E-state index contributed by atoms with van der Waals surface area (Å²) in [7, 11) is 0. The molecule has 2 N–H and O–H groups in total. The number of aromatic nitrogens is 1. The largest absolute Gasteiger partial charge is 0.491 e. The molecule has 2 amide bonds. The van der Waals surface area contributed by atoms with Gasteiger partial charge in [0, 0.05) is 43.7 Å². The summed E-state index contributed by atoms with van der Waals surface area (Å²) in [5.74, 6) is -2.36. The van der Waals surface area contributed by atoms with E-state index in [9.17, 15) is 28.7 Å². The van der Waals surface area contributed by atoms with Crippen molar-refractivity contribution in [2.24, 2.45) is 5.92 Å². The highest BCUT2D eigenvalue weighted by molar-refractivity contribution is 5.93. The SMILES string of the molecule is CC(=O)NCC1CN(c2ccc(OCCC3CCN(c4cc5c(cc4F)c(=O)c(C(=O)O)cn5C4CC4)CC3)c(F)c2)C(=O)O1. The third-order valence-corrected chi connectivity index (χ3v) is 8.69. The second-order valence-corrected chi connectivity index (χ2v) is 11.9. The van der Waals surface area contributed by atoms with Gasteiger partial charge in [0.1, 0.15) is 17.5 Å². The minimum atomic E-state index is -1.32. The third kappa shape index (κ3) is 6.43. The van der Waals surface area contributed by atoms with Crippen molar-refractivity contribution < 1.29 is 37.7 Å². The summed E-state index contributed by atoms with van der Waals surface area (Å²) in [5, 5.41) is 12.1. The molecular weight excluding hydrogens is 590 g/mol. The van der Waals surface area contributed by atoms with Crippen LogP contribution in [0.2, 0.25) is 0 Å². The van der Waals surface area contributed by atoms with E-state index in [4.69, 9.17) is 9.47 Å². The second-order valence-electron chi connectivity index (χ2n) is 11.9. The van der Waals surface area contributed by atoms with E-state index in [1.165, 1.54) is 30.2 Å². The van der Waals surface area contributed by atoms with Gasteiger partial charge in [0.15, 0.2) is 11.6 Å². The quantitative estimate of drug-likeness (QED) is 0.338. The molecule has 45 heavy (non-hydrogen) atoms. The molecule has 6 rings (SSSR count). The van der Waals surface area contributed by atoms with Gasteiger partial charge in [0.2, 0.25) is 11.3 Å². The van der Waals surface area contributed by atoms with E-state index in [-0.39, 0.29) is 54.3 Å². The predicted molar refractivity (Wildman–Crippen MR) is 161 cm³/mol. The van der Waals surface area contributed by atoms with E-state index in [0.717, 1.165) is 31.7 Å². The smallest absolute Gasteiger partial charge is 0.414 e. The number of piperidine rings is 1. The summed E-state index contributed by atoms with van der Waals surface area (Å²) < 4.78 is 42.9. The van der Waals surface area contributed by atoms with Crippen LogP contribution in [0.3, 0.4) is 0 Å². The molecule has 2 saturated heterocycles. The number of fused-ring (bicyclic) bond motifs is 1. The second kappa shape index (κ2) is 12.4. The van der Waals surface area contributed by atoms with Crippen LogP contribution in [0.1, 0.15) is 55.4 Å². The predicted octanol–water partition coefficient (Wildman–Crippen LogP) is 4.46. The van der Waals surface area contributed by atoms with E-state index < -0.39 is 35.2 Å². The van der Waals surface area contributed by atoms with Crippen molar-refractivity contribution in [2.45, 2.75) is 51.2 Å². The monoisotopic (exact) mass is 624 g/mol. The molecule has 0 radical (unpaired) electrons. The first-order valence-corrected chi connectivity index (χ1v) is 15.1. The number of carbonyl (C=O) groups is 3. The third-order valence-electron chi connectivity index (χ3n) is 8.69. The van der Waals surface area contributed by atoms with Gasteiger partial charge in [0.05, 0.1) is 36.6 Å². The molecule has 3 fully saturated rings. The molecule has 1 saturated carbocycles. The van der Waals surface area contributed by atoms with Crippen molar-refractivity contribution in [1.82, 2.24) is 9.88 Å². The van der Waals surface area contributed by atoms with Gasteiger partial charge in [-0.2, -0.15) is 0 Å². The van der Waals surface area contributed by atoms with Crippen molar-refractivity contribution >= 4 is 40.2 Å². The van der Waals surface area contributed by atoms with Gasteiger partial charge in [-0.05, 0) is 62.3 Å². The number of amides is 2. The van der Waals surface area contributed by atoms with Crippen molar-refractivity contribution in [3.63, 3.8) is 0 Å². The first-order valence-electron chi connectivity index (χ1n) is 15.1. The Morgan fingerprint density at radius 3 is 2.49 bits per heavy atom. The summed E-state index contributed by atoms with van der Waals surface area (Å²) in [4.78, 5) is 51.0. The Bertz CT molecular complexity index is 1720. The number of cyclic esters (lactones) is 1. The van der Waals surface area contributed by atoms with Gasteiger partial charge in [-0.25, -0.2) is 18.4 Å². The number of rotatable bonds is 10. The number of aromatic carboxylic acids is 1. The maximum absolute atomic E-state index is 15.3. The molecule has 2 aromatic carbocycles. The van der Waals surface area contributed by atoms with Crippen LogP contribution in [0.25, 0.3) is 10.9 Å². The maximum Gasteiger partial charge on any atom is 0.414 e. The van der Waals surface area contributed by atoms with E-state index in [1.54, 1.807) is 16.7 Å². The van der Waals surface area contributed by atoms with Crippen LogP contribution in [0, 0.1) is 17.6 Å². The van der Waals surface area contributed by atoms with Crippen LogP contribution in [0.5, 0.6) is 5.75 Å². The zero-order valence-corrected chi connectivity index (χ0v) is 24.8. The van der Waals surface area contributed by atoms with Gasteiger partial charge in [-0.3, -0.25) is 14.5 Å². The van der Waals surface area contributed by atoms with E-state index in [0.29, 0.717) is 36.4 Å². The number of hydrogen-bond acceptors (Lipinski definition) is 7. The Morgan fingerprint density at radius 2 is 1.82 bits per heavy atom. The minimum Gasteiger partial charge on any atom is -0.491 e. The number of carbonyl (C=O) groups excluding carboxylic acids is 2. The number of nitrogens with one attached hydrogen (secondary N) is 1. The normalized spacial score (nSPS) is 18.7. The van der Waals surface area contributed by atoms with Gasteiger partial charge in [0.25, 0.3) is 0 Å². The maximum atomic E-state index is 15.3. The first-order chi connectivity index (χ1) is 21.6. The molecule has 3 heterocycles. The number of ether oxygens (including phenoxy) is 2. The van der Waals surface area contributed by atoms with Crippen LogP contribution in [0.4, 0.5) is 25.0 Å². The van der Waals surface area contributed by atoms with Crippen LogP contribution in [0.15, 0.2) is 41.3 Å². The number of benzene rings is 2. The van der Waals surface area contributed by atoms with Crippen molar-refractivity contribution in [2.75, 3.05) is 42.6 Å². The average molecular weight is 625 g/mol. The van der Waals surface area contributed by atoms with Gasteiger partial charge in [-0.1, -0.05) is 0 Å². The molecule has 3 aliphatic rings. The number of nitrogens with zero attached hydrogens (tertiary/aromatic N) is 3. The average Bonchev–Trinajstić information content (AvgIpc) is 3.78. The summed E-state index contributed by atoms with van der Waals surface area (Å²) in [5.41, 5.74) is 0.221. The number of carboxylic acid groups (broad SMARTS) is 1. The molecule has 0 bridgehead atoms. The molecule has 2 aliphatic heterocycles. The highest BCUT2D eigenvalue weighted by Gasteiger charge is 2.33. The van der Waals surface area contributed by atoms with Crippen LogP contribution < -0.4 is 25.3 Å². The Balaban J connectivity index is 1.04. The van der Waals surface area contributed by atoms with Crippen molar-refractivity contribution in [3.05, 3.63) is 63.9 Å². The molecule has 11 nitrogen and oxygen atoms in total. The molecule has 238 valence electrons. The molecule has 13 heteroatoms. The van der Waals surface area contributed by atoms with Gasteiger partial charge in [-0.15, -0.1) is 0 Å². The molecule has 1 aromatic heterocycles. The first kappa shape index (κ1) is 30.4. The fourth-order valence-electron chi connectivity index (χ4n) is 6.08. The van der Waals surface area contributed by atoms with E-state index >= 15 is 4.39 Å². The number of pyridine rings is 1. The Kier molecular flexibility index (Phi) is 8.34. The highest BCUT2D eigenvalue weighted by Crippen LogP contribution is 2.38. The lowest BCUT2D eigenvalue weighted by molar-refractivity contribution is -0.119. The van der Waals surface area contributed by atoms with Crippen LogP contribution >= 0.6 is 0 Å². The van der Waals surface area contributed by atoms with Crippen molar-refractivity contribution in [1.29, 1.82) is 0 Å². The lowest BCUT2D eigenvalue weighted by atomic mass is 9.93. The fraction of sp³-hybridized carbons (Fsp3) is 0.438. The molecule has 1 unspecified atom stereocenters. The minimum absolute atomic E-state index is 0.0712. The fourth-order valence-corrected chi connectivity index (χ4v) is 6.08. The molecule has 0 spiro atoms. The van der Waals surface area contributed by atoms with Gasteiger partial charge >= 0.3 is 12.1 Å². The standard InChI is InChI=1S/C32H34F2N4O7/c1-18(39)35-15-22-16-38(32(43)45-22)21-4-5-29(26(34)12-21)44-11-8-19-6-9-36(10-7-19)28-14-27-23(13-25(28)33)30(40)24(31(41)42)17-37(27)20-2-3-20/h4-5,12-14,17,19-20,22H,2-3,6-11,15-16H2,1H3,(H,35,39)(H,41,42). The molecule has 1 atom stereocenters. The number of anilines is 2. The molecule has 1 aliphatic carbocycles. The van der Waals surface area contributed by atoms with Crippen molar-refractivity contribution in [3.8, 4) is 5.75 Å². The number of hydrogen-bond donors (Lipinski definition) is 2. The van der Waals surface area contributed by atoms with Crippen LogP contribution in [-0.2, 0) is 9.53 Å². The summed E-state index contributed by atoms with van der Waals surface area (Å²) in [6.07, 6.45) is 4.20. The Morgan fingerprint density at radius 1 is 1.07 bits per heavy atom. The Labute approximate surface area is 257 Å². The van der Waals surface area contributed by atoms with E-state index in [2.05, 4.69) is 5.32 Å². The summed E-state index contributed by atoms with van der Waals surface area (Å²) in [6, 6.07) is 7.21. The lowest BCUT2D eigenvalue weighted by Gasteiger charge is -2.34.